The molecule has 0 saturated heterocycles. The van der Waals surface area contributed by atoms with Crippen molar-refractivity contribution in [2.45, 2.75) is 64.8 Å². The molecule has 2 aromatic rings. The second-order valence-electron chi connectivity index (χ2n) is 9.27. The van der Waals surface area contributed by atoms with E-state index in [1.54, 1.807) is 19.9 Å². The summed E-state index contributed by atoms with van der Waals surface area (Å²) >= 11 is 0. The number of ether oxygens (including phenoxy) is 2. The number of carbonyl (C=O) groups excluding carboxylic acids is 1. The molecule has 170 valence electrons. The average molecular weight is 440 g/mol. The van der Waals surface area contributed by atoms with Crippen LogP contribution in [0.2, 0.25) is 0 Å². The van der Waals surface area contributed by atoms with Crippen molar-refractivity contribution in [1.82, 2.24) is 0 Å². The highest BCUT2D eigenvalue weighted by Gasteiger charge is 2.43. The summed E-state index contributed by atoms with van der Waals surface area (Å²) in [4.78, 5) is 13.2. The Balaban J connectivity index is 1.84. The minimum absolute atomic E-state index is 0.0264. The predicted octanol–water partition coefficient (Wildman–Crippen LogP) is 4.09. The van der Waals surface area contributed by atoms with Crippen LogP contribution >= 0.6 is 0 Å². The van der Waals surface area contributed by atoms with Crippen LogP contribution in [0.3, 0.4) is 0 Å². The molecule has 7 nitrogen and oxygen atoms in total. The molecule has 0 fully saturated rings. The summed E-state index contributed by atoms with van der Waals surface area (Å²) < 4.78 is 12.3. The van der Waals surface area contributed by atoms with E-state index in [0.717, 1.165) is 5.57 Å². The maximum atomic E-state index is 13.2. The van der Waals surface area contributed by atoms with Gasteiger partial charge < -0.3 is 29.9 Å². The Morgan fingerprint density at radius 1 is 1.09 bits per heavy atom. The molecule has 0 aromatic heterocycles. The molecule has 2 heterocycles. The van der Waals surface area contributed by atoms with Crippen molar-refractivity contribution >= 4 is 5.78 Å². The van der Waals surface area contributed by atoms with Crippen LogP contribution < -0.4 is 9.47 Å². The fourth-order valence-electron chi connectivity index (χ4n) is 4.16. The SMILES string of the molecule is CC(C)=CCc1c(O)c2c(c3c1O[C@@H](C(C)(C)O)C3)O[C@H](c1ccc(O)c(O)c1)CC2=O. The van der Waals surface area contributed by atoms with E-state index in [-0.39, 0.29) is 40.8 Å². The van der Waals surface area contributed by atoms with E-state index >= 15 is 0 Å². The summed E-state index contributed by atoms with van der Waals surface area (Å²) in [6, 6.07) is 4.28. The summed E-state index contributed by atoms with van der Waals surface area (Å²) in [6.45, 7) is 7.20. The van der Waals surface area contributed by atoms with Crippen molar-refractivity contribution < 1.29 is 34.7 Å². The lowest BCUT2D eigenvalue weighted by Gasteiger charge is -2.28. The van der Waals surface area contributed by atoms with Crippen molar-refractivity contribution in [2.24, 2.45) is 0 Å². The number of allylic oxidation sites excluding steroid dienone is 2. The summed E-state index contributed by atoms with van der Waals surface area (Å²) in [5.41, 5.74) is 1.71. The molecule has 0 unspecified atom stereocenters. The van der Waals surface area contributed by atoms with Gasteiger partial charge in [0.2, 0.25) is 0 Å². The zero-order valence-corrected chi connectivity index (χ0v) is 18.6. The standard InChI is InChI=1S/C25H28O7/c1-12(2)5-7-14-22(29)21-18(28)11-19(13-6-8-16(26)17(27)9-13)31-24(21)15-10-20(25(3,4)30)32-23(14)15/h5-6,8-9,19-20,26-27,29-30H,7,10-11H2,1-4H3/t19-,20+/m0/s1. The lowest BCUT2D eigenvalue weighted by Crippen LogP contribution is -2.39. The van der Waals surface area contributed by atoms with Gasteiger partial charge in [-0.1, -0.05) is 17.7 Å². The molecule has 0 saturated carbocycles. The molecule has 0 bridgehead atoms. The molecule has 2 aliphatic rings. The van der Waals surface area contributed by atoms with Gasteiger partial charge in [-0.3, -0.25) is 4.79 Å². The maximum absolute atomic E-state index is 13.2. The van der Waals surface area contributed by atoms with E-state index < -0.39 is 17.8 Å². The summed E-state index contributed by atoms with van der Waals surface area (Å²) in [5.74, 6) is -0.328. The minimum Gasteiger partial charge on any atom is -0.507 e. The van der Waals surface area contributed by atoms with Gasteiger partial charge in [-0.05, 0) is 51.8 Å². The Hall–Kier alpha value is -3.19. The van der Waals surface area contributed by atoms with Crippen molar-refractivity contribution in [3.05, 3.63) is 52.1 Å². The number of Topliss-reactive ketones (excluding diaryl/α,β-unsaturated/α-hetero) is 1. The largest absolute Gasteiger partial charge is 0.507 e. The van der Waals surface area contributed by atoms with E-state index in [0.29, 0.717) is 35.3 Å². The zero-order chi connectivity index (χ0) is 23.4. The Labute approximate surface area is 186 Å². The molecule has 0 aliphatic carbocycles. The van der Waals surface area contributed by atoms with Crippen LogP contribution in [0.15, 0.2) is 29.8 Å². The second-order valence-corrected chi connectivity index (χ2v) is 9.27. The quantitative estimate of drug-likeness (QED) is 0.418. The molecule has 4 N–H and O–H groups in total. The lowest BCUT2D eigenvalue weighted by atomic mass is 9.88. The summed E-state index contributed by atoms with van der Waals surface area (Å²) in [6.07, 6.45) is 1.36. The predicted molar refractivity (Wildman–Crippen MR) is 118 cm³/mol. The van der Waals surface area contributed by atoms with Gasteiger partial charge in [0.1, 0.15) is 35.0 Å². The number of hydrogen-bond donors (Lipinski definition) is 4. The topological polar surface area (TPSA) is 116 Å². The third kappa shape index (κ3) is 3.77. The number of aromatic hydroxyl groups is 3. The molecule has 2 aromatic carbocycles. The number of ketones is 1. The first-order chi connectivity index (χ1) is 15.0. The van der Waals surface area contributed by atoms with E-state index in [9.17, 15) is 25.2 Å². The normalized spacial score (nSPS) is 19.6. The van der Waals surface area contributed by atoms with Crippen LogP contribution in [0.4, 0.5) is 0 Å². The Morgan fingerprint density at radius 3 is 2.44 bits per heavy atom. The average Bonchev–Trinajstić information content (AvgIpc) is 3.15. The van der Waals surface area contributed by atoms with E-state index in [1.807, 2.05) is 19.9 Å². The van der Waals surface area contributed by atoms with Gasteiger partial charge in [-0.25, -0.2) is 0 Å². The fraction of sp³-hybridized carbons (Fsp3) is 0.400. The van der Waals surface area contributed by atoms with Crippen LogP contribution in [0.5, 0.6) is 28.7 Å². The molecular weight excluding hydrogens is 412 g/mol. The Morgan fingerprint density at radius 2 is 1.81 bits per heavy atom. The molecule has 2 atom stereocenters. The first-order valence-electron chi connectivity index (χ1n) is 10.6. The number of aliphatic hydroxyl groups is 1. The van der Waals surface area contributed by atoms with Gasteiger partial charge in [0.05, 0.1) is 12.0 Å². The zero-order valence-electron chi connectivity index (χ0n) is 18.6. The first-order valence-corrected chi connectivity index (χ1v) is 10.6. The number of carbonyl (C=O) groups is 1. The van der Waals surface area contributed by atoms with Crippen molar-refractivity contribution in [3.8, 4) is 28.7 Å². The van der Waals surface area contributed by atoms with Crippen LogP contribution in [0.25, 0.3) is 0 Å². The highest BCUT2D eigenvalue weighted by Crippen LogP contribution is 2.52. The third-order valence-electron chi connectivity index (χ3n) is 6.00. The van der Waals surface area contributed by atoms with Gasteiger partial charge >= 0.3 is 0 Å². The van der Waals surface area contributed by atoms with Crippen LogP contribution in [0.1, 0.15) is 67.3 Å². The second kappa shape index (κ2) is 7.74. The number of hydrogen-bond acceptors (Lipinski definition) is 7. The molecule has 0 radical (unpaired) electrons. The van der Waals surface area contributed by atoms with Gasteiger partial charge in [-0.15, -0.1) is 0 Å². The molecule has 0 amide bonds. The Bertz CT molecular complexity index is 1120. The lowest BCUT2D eigenvalue weighted by molar-refractivity contribution is -0.0232. The number of fused-ring (bicyclic) bond motifs is 3. The van der Waals surface area contributed by atoms with Crippen molar-refractivity contribution in [3.63, 3.8) is 0 Å². The monoisotopic (exact) mass is 440 g/mol. The van der Waals surface area contributed by atoms with Crippen LogP contribution in [-0.2, 0) is 12.8 Å². The van der Waals surface area contributed by atoms with Gasteiger partial charge in [0, 0.05) is 17.5 Å². The molecule has 4 rings (SSSR count). The fourth-order valence-corrected chi connectivity index (χ4v) is 4.16. The van der Waals surface area contributed by atoms with Crippen molar-refractivity contribution in [2.75, 3.05) is 0 Å². The molecule has 0 spiro atoms. The van der Waals surface area contributed by atoms with Crippen molar-refractivity contribution in [1.29, 1.82) is 0 Å². The number of benzene rings is 2. The summed E-state index contributed by atoms with van der Waals surface area (Å²) in [7, 11) is 0. The van der Waals surface area contributed by atoms with E-state index in [2.05, 4.69) is 0 Å². The number of rotatable bonds is 4. The van der Waals surface area contributed by atoms with Gasteiger partial charge in [0.25, 0.3) is 0 Å². The highest BCUT2D eigenvalue weighted by atomic mass is 16.5. The van der Waals surface area contributed by atoms with Gasteiger partial charge in [0.15, 0.2) is 17.3 Å². The van der Waals surface area contributed by atoms with Crippen LogP contribution in [0, 0.1) is 0 Å². The molecule has 2 aliphatic heterocycles. The third-order valence-corrected chi connectivity index (χ3v) is 6.00. The smallest absolute Gasteiger partial charge is 0.174 e. The van der Waals surface area contributed by atoms with E-state index in [4.69, 9.17) is 9.47 Å². The van der Waals surface area contributed by atoms with E-state index in [1.165, 1.54) is 12.1 Å². The highest BCUT2D eigenvalue weighted by molar-refractivity contribution is 6.04. The molecular formula is C25H28O7. The summed E-state index contributed by atoms with van der Waals surface area (Å²) in [5, 5.41) is 41.1. The maximum Gasteiger partial charge on any atom is 0.174 e. The molecule has 7 heteroatoms. The van der Waals surface area contributed by atoms with Crippen LogP contribution in [-0.4, -0.2) is 37.9 Å². The number of phenolic OH excluding ortho intramolecular Hbond substituents is 3. The Kier molecular flexibility index (Phi) is 5.33. The first kappa shape index (κ1) is 22.0. The molecule has 32 heavy (non-hydrogen) atoms. The van der Waals surface area contributed by atoms with Gasteiger partial charge in [-0.2, -0.15) is 0 Å². The number of phenols is 3. The minimum atomic E-state index is -1.14.